The second kappa shape index (κ2) is 12.3. The minimum Gasteiger partial charge on any atom is -0.480 e. The third kappa shape index (κ3) is 10.9. The first-order valence-electron chi connectivity index (χ1n) is 7.13. The molecule has 0 aromatic rings. The Hall–Kier alpha value is -0.710. The molecule has 1 atom stereocenters. The number of hydrogen-bond acceptors (Lipinski definition) is 3. The zero-order valence-electron chi connectivity index (χ0n) is 12.1. The van der Waals surface area contributed by atoms with Gasteiger partial charge in [-0.2, -0.15) is 11.8 Å². The summed E-state index contributed by atoms with van der Waals surface area (Å²) in [6, 6.07) is -0.736. The molecule has 0 saturated carbocycles. The molecule has 5 heteroatoms. The summed E-state index contributed by atoms with van der Waals surface area (Å²) in [7, 11) is 0. The van der Waals surface area contributed by atoms with Crippen molar-refractivity contribution in [2.24, 2.45) is 0 Å². The van der Waals surface area contributed by atoms with Crippen molar-refractivity contribution < 1.29 is 14.7 Å². The lowest BCUT2D eigenvalue weighted by Gasteiger charge is -2.13. The second-order valence-corrected chi connectivity index (χ2v) is 5.74. The highest BCUT2D eigenvalue weighted by molar-refractivity contribution is 7.98. The maximum absolute atomic E-state index is 11.6. The van der Waals surface area contributed by atoms with Gasteiger partial charge in [-0.15, -0.1) is 0 Å². The van der Waals surface area contributed by atoms with Crippen LogP contribution in [-0.2, 0) is 9.59 Å². The molecule has 0 heterocycles. The molecule has 0 aliphatic carbocycles. The number of carbonyl (C=O) groups excluding carboxylic acids is 1. The Labute approximate surface area is 120 Å². The van der Waals surface area contributed by atoms with Crippen molar-refractivity contribution in [1.29, 1.82) is 0 Å². The molecule has 0 rings (SSSR count). The van der Waals surface area contributed by atoms with Crippen LogP contribution in [0.15, 0.2) is 0 Å². The van der Waals surface area contributed by atoms with Crippen LogP contribution in [0.4, 0.5) is 0 Å². The van der Waals surface area contributed by atoms with Crippen LogP contribution in [0.25, 0.3) is 0 Å². The van der Waals surface area contributed by atoms with Gasteiger partial charge in [0.05, 0.1) is 0 Å². The maximum atomic E-state index is 11.6. The number of hydrogen-bond donors (Lipinski definition) is 2. The number of carbonyl (C=O) groups is 2. The quantitative estimate of drug-likeness (QED) is 0.542. The van der Waals surface area contributed by atoms with Crippen molar-refractivity contribution >= 4 is 23.6 Å². The Morgan fingerprint density at radius 2 is 1.79 bits per heavy atom. The Kier molecular flexibility index (Phi) is 11.9. The molecule has 2 N–H and O–H groups in total. The van der Waals surface area contributed by atoms with E-state index in [-0.39, 0.29) is 5.91 Å². The first kappa shape index (κ1) is 18.3. The average molecular weight is 289 g/mol. The fourth-order valence-corrected chi connectivity index (χ4v) is 2.30. The Morgan fingerprint density at radius 3 is 2.37 bits per heavy atom. The van der Waals surface area contributed by atoms with E-state index >= 15 is 0 Å². The molecule has 0 radical (unpaired) electrons. The molecule has 0 saturated heterocycles. The molecule has 112 valence electrons. The van der Waals surface area contributed by atoms with Crippen molar-refractivity contribution in [3.05, 3.63) is 0 Å². The number of nitrogens with one attached hydrogen (secondary N) is 1. The van der Waals surface area contributed by atoms with E-state index in [1.165, 1.54) is 19.3 Å². The van der Waals surface area contributed by atoms with E-state index in [2.05, 4.69) is 12.2 Å². The lowest BCUT2D eigenvalue weighted by molar-refractivity contribution is -0.141. The smallest absolute Gasteiger partial charge is 0.326 e. The van der Waals surface area contributed by atoms with Gasteiger partial charge in [0.25, 0.3) is 0 Å². The fourth-order valence-electron chi connectivity index (χ4n) is 1.83. The van der Waals surface area contributed by atoms with Gasteiger partial charge in [-0.05, 0) is 24.9 Å². The molecule has 0 aliphatic rings. The molecule has 19 heavy (non-hydrogen) atoms. The van der Waals surface area contributed by atoms with Gasteiger partial charge in [-0.1, -0.05) is 39.0 Å². The highest BCUT2D eigenvalue weighted by Crippen LogP contribution is 2.07. The van der Waals surface area contributed by atoms with Gasteiger partial charge in [-0.25, -0.2) is 4.79 Å². The van der Waals surface area contributed by atoms with Gasteiger partial charge >= 0.3 is 5.97 Å². The highest BCUT2D eigenvalue weighted by Gasteiger charge is 2.18. The Balaban J connectivity index is 3.71. The zero-order valence-corrected chi connectivity index (χ0v) is 12.9. The van der Waals surface area contributed by atoms with Crippen LogP contribution >= 0.6 is 11.8 Å². The summed E-state index contributed by atoms with van der Waals surface area (Å²) in [4.78, 5) is 22.6. The largest absolute Gasteiger partial charge is 0.480 e. The van der Waals surface area contributed by atoms with Gasteiger partial charge in [0.2, 0.25) is 5.91 Å². The second-order valence-electron chi connectivity index (χ2n) is 4.76. The van der Waals surface area contributed by atoms with Crippen LogP contribution in [-0.4, -0.2) is 35.0 Å². The van der Waals surface area contributed by atoms with Crippen LogP contribution in [0.1, 0.15) is 58.3 Å². The van der Waals surface area contributed by atoms with Crippen molar-refractivity contribution in [1.82, 2.24) is 5.32 Å². The fraction of sp³-hybridized carbons (Fsp3) is 0.857. The molecule has 4 nitrogen and oxygen atoms in total. The van der Waals surface area contributed by atoms with E-state index in [1.54, 1.807) is 11.8 Å². The minimum atomic E-state index is -0.939. The third-order valence-corrected chi connectivity index (χ3v) is 3.65. The summed E-state index contributed by atoms with van der Waals surface area (Å²) in [5.74, 6) is -0.330. The van der Waals surface area contributed by atoms with E-state index in [0.717, 1.165) is 25.0 Å². The lowest BCUT2D eigenvalue weighted by Crippen LogP contribution is -2.41. The first-order chi connectivity index (χ1) is 9.11. The average Bonchev–Trinajstić information content (AvgIpc) is 2.38. The summed E-state index contributed by atoms with van der Waals surface area (Å²) in [5, 5.41) is 11.6. The van der Waals surface area contributed by atoms with Crippen molar-refractivity contribution in [2.45, 2.75) is 64.3 Å². The summed E-state index contributed by atoms with van der Waals surface area (Å²) in [6.07, 6.45) is 9.61. The summed E-state index contributed by atoms with van der Waals surface area (Å²) in [6.45, 7) is 2.17. The van der Waals surface area contributed by atoms with E-state index in [0.29, 0.717) is 12.8 Å². The van der Waals surface area contributed by atoms with Gasteiger partial charge in [0.15, 0.2) is 0 Å². The third-order valence-electron chi connectivity index (χ3n) is 3.00. The number of carboxylic acid groups (broad SMARTS) is 1. The molecule has 0 aliphatic heterocycles. The lowest BCUT2D eigenvalue weighted by atomic mass is 10.1. The molecular formula is C14H27NO3S. The first-order valence-corrected chi connectivity index (χ1v) is 8.52. The Bertz CT molecular complexity index is 259. The van der Waals surface area contributed by atoms with Crippen molar-refractivity contribution in [3.63, 3.8) is 0 Å². The maximum Gasteiger partial charge on any atom is 0.326 e. The Morgan fingerprint density at radius 1 is 1.16 bits per heavy atom. The molecule has 1 unspecified atom stereocenters. The standard InChI is InChI=1S/C14H27NO3S/c1-3-4-5-6-7-8-9-13(16)15-12(14(17)18)10-11-19-2/h12H,3-11H2,1-2H3,(H,15,16)(H,17,18). The van der Waals surface area contributed by atoms with Crippen LogP contribution in [0.5, 0.6) is 0 Å². The predicted molar refractivity (Wildman–Crippen MR) is 80.6 cm³/mol. The highest BCUT2D eigenvalue weighted by atomic mass is 32.2. The summed E-state index contributed by atoms with van der Waals surface area (Å²) >= 11 is 1.59. The van der Waals surface area contributed by atoms with Crippen LogP contribution in [0.2, 0.25) is 0 Å². The van der Waals surface area contributed by atoms with Crippen LogP contribution < -0.4 is 5.32 Å². The molecule has 0 aromatic heterocycles. The van der Waals surface area contributed by atoms with E-state index in [4.69, 9.17) is 5.11 Å². The number of amides is 1. The van der Waals surface area contributed by atoms with Gasteiger partial charge in [-0.3, -0.25) is 4.79 Å². The number of aliphatic carboxylic acids is 1. The molecular weight excluding hydrogens is 262 g/mol. The monoisotopic (exact) mass is 289 g/mol. The van der Waals surface area contributed by atoms with E-state index in [9.17, 15) is 9.59 Å². The summed E-state index contributed by atoms with van der Waals surface area (Å²) < 4.78 is 0. The van der Waals surface area contributed by atoms with Gasteiger partial charge < -0.3 is 10.4 Å². The van der Waals surface area contributed by atoms with E-state index < -0.39 is 12.0 Å². The number of rotatable bonds is 12. The minimum absolute atomic E-state index is 0.135. The van der Waals surface area contributed by atoms with Gasteiger partial charge in [0, 0.05) is 6.42 Å². The molecule has 0 fully saturated rings. The van der Waals surface area contributed by atoms with E-state index in [1.807, 2.05) is 6.26 Å². The number of thioether (sulfide) groups is 1. The van der Waals surface area contributed by atoms with Crippen molar-refractivity contribution in [3.8, 4) is 0 Å². The number of carboxylic acids is 1. The molecule has 0 spiro atoms. The normalized spacial score (nSPS) is 12.1. The topological polar surface area (TPSA) is 66.4 Å². The predicted octanol–water partition coefficient (Wildman–Crippen LogP) is 3.06. The molecule has 1 amide bonds. The molecule has 0 bridgehead atoms. The molecule has 0 aromatic carbocycles. The van der Waals surface area contributed by atoms with Crippen molar-refractivity contribution in [2.75, 3.05) is 12.0 Å². The van der Waals surface area contributed by atoms with Gasteiger partial charge in [0.1, 0.15) is 6.04 Å². The number of unbranched alkanes of at least 4 members (excludes halogenated alkanes) is 5. The zero-order chi connectivity index (χ0) is 14.5. The van der Waals surface area contributed by atoms with Crippen LogP contribution in [0, 0.1) is 0 Å². The summed E-state index contributed by atoms with van der Waals surface area (Å²) in [5.41, 5.74) is 0. The van der Waals surface area contributed by atoms with Crippen LogP contribution in [0.3, 0.4) is 0 Å². The SMILES string of the molecule is CCCCCCCCC(=O)NC(CCSC)C(=O)O.